The summed E-state index contributed by atoms with van der Waals surface area (Å²) >= 11 is 0. The molecule has 1 saturated carbocycles. The minimum Gasteiger partial charge on any atom is -0.511 e. The first-order valence-electron chi connectivity index (χ1n) is 11.8. The molecule has 2 aliphatic carbocycles. The highest BCUT2D eigenvalue weighted by molar-refractivity contribution is 6.25. The van der Waals surface area contributed by atoms with E-state index in [1.807, 2.05) is 26.0 Å². The van der Waals surface area contributed by atoms with E-state index in [0.29, 0.717) is 37.2 Å². The molecule has 0 aromatic heterocycles. The molecule has 4 rings (SSSR count). The van der Waals surface area contributed by atoms with Crippen molar-refractivity contribution in [2.45, 2.75) is 52.4 Å². The number of aliphatic hydroxyl groups is 2. The molecule has 2 unspecified atom stereocenters. The molecule has 1 fully saturated rings. The van der Waals surface area contributed by atoms with Crippen molar-refractivity contribution in [2.24, 2.45) is 11.3 Å². The van der Waals surface area contributed by atoms with Crippen LogP contribution in [0.4, 0.5) is 4.39 Å². The van der Waals surface area contributed by atoms with Gasteiger partial charge in [0.1, 0.15) is 34.4 Å². The quantitative estimate of drug-likeness (QED) is 0.424. The number of hydrogen-bond acceptors (Lipinski definition) is 5. The van der Waals surface area contributed by atoms with Crippen LogP contribution in [-0.2, 0) is 9.59 Å². The average molecular weight is 465 g/mol. The fraction of sp³-hybridized carbons (Fsp3) is 0.357. The second-order valence-corrected chi connectivity index (χ2v) is 8.96. The van der Waals surface area contributed by atoms with Gasteiger partial charge in [-0.1, -0.05) is 32.9 Å². The van der Waals surface area contributed by atoms with Gasteiger partial charge >= 0.3 is 0 Å². The average Bonchev–Trinajstić information content (AvgIpc) is 3.63. The van der Waals surface area contributed by atoms with E-state index < -0.39 is 17.1 Å². The highest BCUT2D eigenvalue weighted by Crippen LogP contribution is 2.52. The maximum Gasteiger partial charge on any atom is 0.183 e. The third-order valence-corrected chi connectivity index (χ3v) is 7.22. The summed E-state index contributed by atoms with van der Waals surface area (Å²) in [6.07, 6.45) is 1.62. The fourth-order valence-corrected chi connectivity index (χ4v) is 4.94. The Morgan fingerprint density at radius 1 is 1.00 bits per heavy atom. The minimum absolute atomic E-state index is 0.0531. The van der Waals surface area contributed by atoms with Gasteiger partial charge in [0.25, 0.3) is 0 Å². The van der Waals surface area contributed by atoms with Crippen LogP contribution in [0.5, 0.6) is 11.5 Å². The number of aliphatic hydroxyl groups excluding tert-OH is 2. The van der Waals surface area contributed by atoms with Crippen molar-refractivity contribution in [2.75, 3.05) is 0 Å². The second kappa shape index (κ2) is 9.09. The van der Waals surface area contributed by atoms with Crippen LogP contribution < -0.4 is 4.74 Å². The number of carbonyl (C=O) groups excluding carboxylic acids is 2. The molecule has 2 aromatic carbocycles. The summed E-state index contributed by atoms with van der Waals surface area (Å²) in [6.45, 7) is 5.40. The van der Waals surface area contributed by atoms with Crippen LogP contribution in [0.25, 0.3) is 0 Å². The van der Waals surface area contributed by atoms with Crippen molar-refractivity contribution in [1.82, 2.24) is 0 Å². The zero-order valence-electron chi connectivity index (χ0n) is 19.6. The van der Waals surface area contributed by atoms with E-state index in [2.05, 4.69) is 0 Å². The third kappa shape index (κ3) is 3.91. The van der Waals surface area contributed by atoms with Crippen LogP contribution in [0.15, 0.2) is 71.2 Å². The Hall–Kier alpha value is -3.41. The Morgan fingerprint density at radius 2 is 1.56 bits per heavy atom. The van der Waals surface area contributed by atoms with Crippen molar-refractivity contribution in [3.05, 3.63) is 82.6 Å². The van der Waals surface area contributed by atoms with E-state index in [1.54, 1.807) is 31.2 Å². The first-order chi connectivity index (χ1) is 16.3. The molecule has 0 saturated heterocycles. The lowest BCUT2D eigenvalue weighted by molar-refractivity contribution is -0.129. The molecule has 0 bridgehead atoms. The zero-order valence-corrected chi connectivity index (χ0v) is 19.6. The van der Waals surface area contributed by atoms with Crippen molar-refractivity contribution < 1.29 is 28.9 Å². The van der Waals surface area contributed by atoms with Gasteiger partial charge in [0, 0.05) is 11.5 Å². The monoisotopic (exact) mass is 464 g/mol. The molecule has 0 spiro atoms. The van der Waals surface area contributed by atoms with Crippen LogP contribution in [0.2, 0.25) is 0 Å². The first-order valence-corrected chi connectivity index (χ1v) is 11.8. The maximum atomic E-state index is 13.4. The molecule has 0 heterocycles. The van der Waals surface area contributed by atoms with Gasteiger partial charge in [0.2, 0.25) is 0 Å². The van der Waals surface area contributed by atoms with E-state index in [1.165, 1.54) is 12.1 Å². The molecule has 34 heavy (non-hydrogen) atoms. The molecule has 0 radical (unpaired) electrons. The molecule has 0 amide bonds. The largest absolute Gasteiger partial charge is 0.511 e. The Morgan fingerprint density at radius 3 is 2.09 bits per heavy atom. The lowest BCUT2D eigenvalue weighted by atomic mass is 9.67. The SMILES string of the molecule is CCC1=C(O)C(CC)(CC)C(=O)C(C(=O)C2CC2c2ccc(Oc3ccc(F)cc3)cc2)=C1O. The number of halogens is 1. The number of carbonyl (C=O) groups is 2. The summed E-state index contributed by atoms with van der Waals surface area (Å²) in [5.41, 5.74) is -0.0977. The Labute approximate surface area is 198 Å². The second-order valence-electron chi connectivity index (χ2n) is 8.96. The summed E-state index contributed by atoms with van der Waals surface area (Å²) in [4.78, 5) is 26.8. The summed E-state index contributed by atoms with van der Waals surface area (Å²) in [7, 11) is 0. The summed E-state index contributed by atoms with van der Waals surface area (Å²) in [5, 5.41) is 21.5. The molecule has 2 aromatic rings. The molecule has 2 N–H and O–H groups in total. The molecule has 6 heteroatoms. The lowest BCUT2D eigenvalue weighted by Crippen LogP contribution is -2.40. The van der Waals surface area contributed by atoms with Crippen LogP contribution >= 0.6 is 0 Å². The molecule has 2 aliphatic rings. The predicted molar refractivity (Wildman–Crippen MR) is 126 cm³/mol. The Balaban J connectivity index is 1.53. The van der Waals surface area contributed by atoms with Gasteiger partial charge in [-0.3, -0.25) is 9.59 Å². The molecular formula is C28H29FO5. The lowest BCUT2D eigenvalue weighted by Gasteiger charge is -2.35. The smallest absolute Gasteiger partial charge is 0.183 e. The molecule has 2 atom stereocenters. The van der Waals surface area contributed by atoms with E-state index in [-0.39, 0.29) is 40.2 Å². The topological polar surface area (TPSA) is 83.8 Å². The van der Waals surface area contributed by atoms with Crippen LogP contribution in [0.3, 0.4) is 0 Å². The van der Waals surface area contributed by atoms with Gasteiger partial charge in [0.15, 0.2) is 11.6 Å². The van der Waals surface area contributed by atoms with Crippen LogP contribution in [-0.4, -0.2) is 21.8 Å². The van der Waals surface area contributed by atoms with Gasteiger partial charge in [0.05, 0.1) is 5.41 Å². The van der Waals surface area contributed by atoms with Gasteiger partial charge in [-0.25, -0.2) is 4.39 Å². The summed E-state index contributed by atoms with van der Waals surface area (Å²) < 4.78 is 18.8. The Kier molecular flexibility index (Phi) is 6.34. The number of benzene rings is 2. The first kappa shape index (κ1) is 23.7. The van der Waals surface area contributed by atoms with Crippen molar-refractivity contribution >= 4 is 11.6 Å². The van der Waals surface area contributed by atoms with Crippen LogP contribution in [0.1, 0.15) is 57.9 Å². The minimum atomic E-state index is -1.16. The highest BCUT2D eigenvalue weighted by Gasteiger charge is 2.53. The van der Waals surface area contributed by atoms with E-state index in [4.69, 9.17) is 4.74 Å². The van der Waals surface area contributed by atoms with E-state index in [0.717, 1.165) is 5.56 Å². The molecule has 178 valence electrons. The van der Waals surface area contributed by atoms with Crippen LogP contribution in [0, 0.1) is 17.2 Å². The summed E-state index contributed by atoms with van der Waals surface area (Å²) in [5.74, 6) is -0.999. The van der Waals surface area contributed by atoms with Crippen molar-refractivity contribution in [3.63, 3.8) is 0 Å². The molecule has 0 aliphatic heterocycles. The number of Topliss-reactive ketones (excluding diaryl/α,β-unsaturated/α-hetero) is 2. The van der Waals surface area contributed by atoms with Gasteiger partial charge in [-0.2, -0.15) is 0 Å². The maximum absolute atomic E-state index is 13.4. The standard InChI is InChI=1S/C28H29FO5/c1-4-20-24(30)23(27(33)28(5-2,6-3)26(20)32)25(31)22-15-21(22)16-7-11-18(12-8-16)34-19-13-9-17(29)10-14-19/h7-14,21-22,30,32H,4-6,15H2,1-3H3. The van der Waals surface area contributed by atoms with E-state index in [9.17, 15) is 24.2 Å². The number of ketones is 2. The predicted octanol–water partition coefficient (Wildman–Crippen LogP) is 6.71. The van der Waals surface area contributed by atoms with Gasteiger partial charge < -0.3 is 14.9 Å². The number of ether oxygens (including phenoxy) is 1. The number of allylic oxidation sites excluding steroid dienone is 3. The van der Waals surface area contributed by atoms with Gasteiger partial charge in [-0.15, -0.1) is 0 Å². The number of hydrogen-bond donors (Lipinski definition) is 2. The highest BCUT2D eigenvalue weighted by atomic mass is 19.1. The fourth-order valence-electron chi connectivity index (χ4n) is 4.94. The molecule has 5 nitrogen and oxygen atoms in total. The zero-order chi connectivity index (χ0) is 24.6. The van der Waals surface area contributed by atoms with Crippen molar-refractivity contribution in [1.29, 1.82) is 0 Å². The molecular weight excluding hydrogens is 435 g/mol. The third-order valence-electron chi connectivity index (χ3n) is 7.22. The number of rotatable bonds is 8. The Bertz CT molecular complexity index is 1170. The van der Waals surface area contributed by atoms with Gasteiger partial charge in [-0.05, 0) is 73.6 Å². The normalized spacial score (nSPS) is 21.6. The van der Waals surface area contributed by atoms with E-state index >= 15 is 0 Å². The van der Waals surface area contributed by atoms with Crippen molar-refractivity contribution in [3.8, 4) is 11.5 Å². The summed E-state index contributed by atoms with van der Waals surface area (Å²) in [6, 6.07) is 13.1.